The standard InChI is InChI=1S/C14H17N3S/c1-17-14(15)12(9-16-17)11-7-2-3-8-13(11)18-10-5-4-6-10/h2-3,7-10H,4-6,15H2,1H3. The van der Waals surface area contributed by atoms with Crippen LogP contribution in [0.15, 0.2) is 35.4 Å². The molecule has 94 valence electrons. The molecule has 0 radical (unpaired) electrons. The summed E-state index contributed by atoms with van der Waals surface area (Å²) in [6.07, 6.45) is 5.90. The van der Waals surface area contributed by atoms with E-state index in [0.29, 0.717) is 0 Å². The van der Waals surface area contributed by atoms with Crippen LogP contribution in [0.5, 0.6) is 0 Å². The van der Waals surface area contributed by atoms with Gasteiger partial charge in [-0.15, -0.1) is 11.8 Å². The van der Waals surface area contributed by atoms with E-state index in [1.54, 1.807) is 4.68 Å². The summed E-state index contributed by atoms with van der Waals surface area (Å²) in [5.74, 6) is 0.733. The highest BCUT2D eigenvalue weighted by Crippen LogP contribution is 2.41. The number of aryl methyl sites for hydroxylation is 1. The highest BCUT2D eigenvalue weighted by atomic mass is 32.2. The summed E-state index contributed by atoms with van der Waals surface area (Å²) in [5.41, 5.74) is 8.32. The van der Waals surface area contributed by atoms with Crippen molar-refractivity contribution in [3.63, 3.8) is 0 Å². The van der Waals surface area contributed by atoms with E-state index < -0.39 is 0 Å². The van der Waals surface area contributed by atoms with Crippen LogP contribution in [0.1, 0.15) is 19.3 Å². The van der Waals surface area contributed by atoms with Crippen molar-refractivity contribution in [1.82, 2.24) is 9.78 Å². The van der Waals surface area contributed by atoms with Crippen LogP contribution in [-0.4, -0.2) is 15.0 Å². The van der Waals surface area contributed by atoms with Crippen LogP contribution < -0.4 is 5.73 Å². The molecule has 0 amide bonds. The Morgan fingerprint density at radius 2 is 2.06 bits per heavy atom. The molecule has 1 aromatic heterocycles. The number of rotatable bonds is 3. The van der Waals surface area contributed by atoms with E-state index in [2.05, 4.69) is 29.4 Å². The molecule has 2 aromatic rings. The zero-order chi connectivity index (χ0) is 12.5. The van der Waals surface area contributed by atoms with Crippen LogP contribution in [0, 0.1) is 0 Å². The molecule has 0 saturated heterocycles. The molecule has 2 N–H and O–H groups in total. The average molecular weight is 259 g/mol. The first-order chi connectivity index (χ1) is 8.75. The number of nitrogen functional groups attached to an aromatic ring is 1. The molecule has 0 aliphatic heterocycles. The molecule has 18 heavy (non-hydrogen) atoms. The number of nitrogens with two attached hydrogens (primary N) is 1. The molecule has 0 unspecified atom stereocenters. The maximum atomic E-state index is 6.07. The molecular formula is C14H17N3S. The molecule has 1 fully saturated rings. The van der Waals surface area contributed by atoms with Gasteiger partial charge in [0.2, 0.25) is 0 Å². The monoisotopic (exact) mass is 259 g/mol. The normalized spacial score (nSPS) is 15.6. The van der Waals surface area contributed by atoms with E-state index in [0.717, 1.165) is 16.6 Å². The zero-order valence-corrected chi connectivity index (χ0v) is 11.3. The molecule has 0 atom stereocenters. The summed E-state index contributed by atoms with van der Waals surface area (Å²) >= 11 is 1.98. The third-order valence-corrected chi connectivity index (χ3v) is 4.92. The van der Waals surface area contributed by atoms with Gasteiger partial charge >= 0.3 is 0 Å². The van der Waals surface area contributed by atoms with Gasteiger partial charge in [-0.05, 0) is 18.9 Å². The highest BCUT2D eigenvalue weighted by molar-refractivity contribution is 8.00. The average Bonchev–Trinajstić information content (AvgIpc) is 2.66. The Morgan fingerprint density at radius 3 is 2.67 bits per heavy atom. The van der Waals surface area contributed by atoms with Gasteiger partial charge in [-0.3, -0.25) is 4.68 Å². The topological polar surface area (TPSA) is 43.8 Å². The van der Waals surface area contributed by atoms with Crippen molar-refractivity contribution in [2.75, 3.05) is 5.73 Å². The number of benzene rings is 1. The molecule has 0 bridgehead atoms. The Morgan fingerprint density at radius 1 is 1.28 bits per heavy atom. The number of aromatic nitrogens is 2. The van der Waals surface area contributed by atoms with Crippen molar-refractivity contribution in [3.05, 3.63) is 30.5 Å². The first kappa shape index (κ1) is 11.7. The largest absolute Gasteiger partial charge is 0.383 e. The van der Waals surface area contributed by atoms with Gasteiger partial charge in [-0.1, -0.05) is 24.6 Å². The lowest BCUT2D eigenvalue weighted by Crippen LogP contribution is -2.12. The van der Waals surface area contributed by atoms with E-state index in [-0.39, 0.29) is 0 Å². The smallest absolute Gasteiger partial charge is 0.129 e. The highest BCUT2D eigenvalue weighted by Gasteiger charge is 2.21. The van der Waals surface area contributed by atoms with E-state index >= 15 is 0 Å². The molecule has 1 aromatic carbocycles. The molecule has 3 rings (SSSR count). The molecule has 1 aliphatic carbocycles. The number of thioether (sulfide) groups is 1. The minimum Gasteiger partial charge on any atom is -0.383 e. The van der Waals surface area contributed by atoms with Crippen molar-refractivity contribution in [2.45, 2.75) is 29.4 Å². The zero-order valence-electron chi connectivity index (χ0n) is 10.5. The number of nitrogens with zero attached hydrogens (tertiary/aromatic N) is 2. The van der Waals surface area contributed by atoms with Crippen molar-refractivity contribution in [3.8, 4) is 11.1 Å². The van der Waals surface area contributed by atoms with Crippen LogP contribution >= 0.6 is 11.8 Å². The molecular weight excluding hydrogens is 242 g/mol. The van der Waals surface area contributed by atoms with Gasteiger partial charge in [0.05, 0.1) is 6.20 Å². The van der Waals surface area contributed by atoms with Crippen LogP contribution in [0.3, 0.4) is 0 Å². The second-order valence-electron chi connectivity index (χ2n) is 4.73. The Kier molecular flexibility index (Phi) is 3.04. The quantitative estimate of drug-likeness (QED) is 0.919. The van der Waals surface area contributed by atoms with Gasteiger partial charge in [0.25, 0.3) is 0 Å². The van der Waals surface area contributed by atoms with Gasteiger partial charge in [0.1, 0.15) is 5.82 Å². The number of anilines is 1. The predicted octanol–water partition coefficient (Wildman–Crippen LogP) is 3.31. The van der Waals surface area contributed by atoms with E-state index in [1.165, 1.54) is 29.7 Å². The summed E-state index contributed by atoms with van der Waals surface area (Å²) < 4.78 is 1.72. The van der Waals surface area contributed by atoms with Crippen LogP contribution in [0.4, 0.5) is 5.82 Å². The van der Waals surface area contributed by atoms with Crippen molar-refractivity contribution < 1.29 is 0 Å². The third-order valence-electron chi connectivity index (χ3n) is 3.51. The van der Waals surface area contributed by atoms with Gasteiger partial charge < -0.3 is 5.73 Å². The fourth-order valence-corrected chi connectivity index (χ4v) is 3.50. The van der Waals surface area contributed by atoms with Gasteiger partial charge in [0.15, 0.2) is 0 Å². The minimum absolute atomic E-state index is 0.733. The molecule has 4 heteroatoms. The Bertz CT molecular complexity index is 558. The van der Waals surface area contributed by atoms with Crippen molar-refractivity contribution >= 4 is 17.6 Å². The SMILES string of the molecule is Cn1ncc(-c2ccccc2SC2CCC2)c1N. The first-order valence-corrected chi connectivity index (χ1v) is 7.17. The molecule has 1 heterocycles. The number of hydrogen-bond donors (Lipinski definition) is 1. The fraction of sp³-hybridized carbons (Fsp3) is 0.357. The summed E-state index contributed by atoms with van der Waals surface area (Å²) in [4.78, 5) is 1.32. The lowest BCUT2D eigenvalue weighted by Gasteiger charge is -2.25. The Balaban J connectivity index is 1.97. The van der Waals surface area contributed by atoms with Gasteiger partial charge in [-0.25, -0.2) is 0 Å². The maximum Gasteiger partial charge on any atom is 0.129 e. The fourth-order valence-electron chi connectivity index (χ4n) is 2.11. The lowest BCUT2D eigenvalue weighted by molar-refractivity contribution is 0.522. The van der Waals surface area contributed by atoms with Gasteiger partial charge in [-0.2, -0.15) is 5.10 Å². The summed E-state index contributed by atoms with van der Waals surface area (Å²) in [5, 5.41) is 5.01. The van der Waals surface area contributed by atoms with Crippen LogP contribution in [0.25, 0.3) is 11.1 Å². The van der Waals surface area contributed by atoms with Crippen LogP contribution in [-0.2, 0) is 7.05 Å². The summed E-state index contributed by atoms with van der Waals surface area (Å²) in [7, 11) is 1.88. The van der Waals surface area contributed by atoms with E-state index in [9.17, 15) is 0 Å². The lowest BCUT2D eigenvalue weighted by atomic mass is 10.00. The summed E-state index contributed by atoms with van der Waals surface area (Å²) in [6, 6.07) is 8.47. The molecule has 1 aliphatic rings. The van der Waals surface area contributed by atoms with Crippen LogP contribution in [0.2, 0.25) is 0 Å². The van der Waals surface area contributed by atoms with Crippen molar-refractivity contribution in [2.24, 2.45) is 7.05 Å². The minimum atomic E-state index is 0.733. The first-order valence-electron chi connectivity index (χ1n) is 6.29. The molecule has 1 saturated carbocycles. The predicted molar refractivity (Wildman–Crippen MR) is 76.6 cm³/mol. The third kappa shape index (κ3) is 2.01. The Hall–Kier alpha value is -1.42. The van der Waals surface area contributed by atoms with Crippen molar-refractivity contribution in [1.29, 1.82) is 0 Å². The molecule has 0 spiro atoms. The second kappa shape index (κ2) is 4.69. The maximum absolute atomic E-state index is 6.07. The van der Waals surface area contributed by atoms with E-state index in [1.807, 2.05) is 25.0 Å². The Labute approximate surface area is 111 Å². The molecule has 3 nitrogen and oxygen atoms in total. The second-order valence-corrected chi connectivity index (χ2v) is 6.08. The number of hydrogen-bond acceptors (Lipinski definition) is 3. The summed E-state index contributed by atoms with van der Waals surface area (Å²) in [6.45, 7) is 0. The van der Waals surface area contributed by atoms with E-state index in [4.69, 9.17) is 5.73 Å². The van der Waals surface area contributed by atoms with Gasteiger partial charge in [0, 0.05) is 28.3 Å².